The molecular weight excluding hydrogens is 417 g/mol. The van der Waals surface area contributed by atoms with Crippen LogP contribution in [0.25, 0.3) is 0 Å². The molecule has 0 unspecified atom stereocenters. The maximum Gasteiger partial charge on any atom is 0.416 e. The van der Waals surface area contributed by atoms with Gasteiger partial charge in [0, 0.05) is 12.1 Å². The van der Waals surface area contributed by atoms with Gasteiger partial charge in [-0.05, 0) is 46.7 Å². The molecule has 0 heterocycles. The van der Waals surface area contributed by atoms with E-state index in [4.69, 9.17) is 0 Å². The topological polar surface area (TPSA) is 58.2 Å². The fourth-order valence-corrected chi connectivity index (χ4v) is 3.16. The van der Waals surface area contributed by atoms with Gasteiger partial charge < -0.3 is 10.6 Å². The molecule has 2 aromatic carbocycles. The van der Waals surface area contributed by atoms with Crippen LogP contribution < -0.4 is 10.6 Å². The minimum atomic E-state index is -4.40. The number of amides is 2. The van der Waals surface area contributed by atoms with Crippen molar-refractivity contribution >= 4 is 11.8 Å². The van der Waals surface area contributed by atoms with Gasteiger partial charge in [0.05, 0.1) is 5.56 Å². The smallest absolute Gasteiger partial charge is 0.350 e. The van der Waals surface area contributed by atoms with Crippen molar-refractivity contribution in [2.75, 3.05) is 0 Å². The number of rotatable bonds is 7. The summed E-state index contributed by atoms with van der Waals surface area (Å²) in [5, 5.41) is 5.53. The summed E-state index contributed by atoms with van der Waals surface area (Å²) >= 11 is 0. The number of hydrogen-bond donors (Lipinski definition) is 2. The number of hydrogen-bond acceptors (Lipinski definition) is 2. The van der Waals surface area contributed by atoms with Crippen molar-refractivity contribution in [2.45, 2.75) is 65.2 Å². The molecule has 0 aliphatic carbocycles. The van der Waals surface area contributed by atoms with E-state index in [2.05, 4.69) is 31.4 Å². The van der Waals surface area contributed by atoms with Crippen LogP contribution in [0, 0.1) is 5.92 Å². The molecule has 0 aliphatic heterocycles. The first kappa shape index (κ1) is 25.4. The summed E-state index contributed by atoms with van der Waals surface area (Å²) in [5.74, 6) is -0.847. The third-order valence-corrected chi connectivity index (χ3v) is 5.54. The summed E-state index contributed by atoms with van der Waals surface area (Å²) in [6, 6.07) is 11.1. The standard InChI is InChI=1S/C25H31F3N2O2/c1-6-16(2)21(30-22(31)18-9-13-19(14-10-18)24(3,4)5)23(32)29-15-17-7-11-20(12-8-17)25(26,27)28/h7-14,16,21H,6,15H2,1-5H3,(H,29,32)(H,30,31)/t16-,21-/m0/s1. The molecule has 2 rings (SSSR count). The second kappa shape index (κ2) is 10.2. The molecule has 0 saturated carbocycles. The Balaban J connectivity index is 2.05. The minimum Gasteiger partial charge on any atom is -0.350 e. The minimum absolute atomic E-state index is 0.0353. The van der Waals surface area contributed by atoms with Crippen molar-refractivity contribution in [3.8, 4) is 0 Å². The molecule has 2 N–H and O–H groups in total. The highest BCUT2D eigenvalue weighted by atomic mass is 19.4. The van der Waals surface area contributed by atoms with Crippen molar-refractivity contribution in [3.05, 3.63) is 70.8 Å². The molecule has 0 saturated heterocycles. The Morgan fingerprint density at radius 1 is 0.906 bits per heavy atom. The Hall–Kier alpha value is -2.83. The largest absolute Gasteiger partial charge is 0.416 e. The van der Waals surface area contributed by atoms with Crippen LogP contribution in [0.3, 0.4) is 0 Å². The molecule has 7 heteroatoms. The van der Waals surface area contributed by atoms with Crippen LogP contribution in [0.2, 0.25) is 0 Å². The SMILES string of the molecule is CC[C@H](C)[C@H](NC(=O)c1ccc(C(C)(C)C)cc1)C(=O)NCc1ccc(C(F)(F)F)cc1. The Morgan fingerprint density at radius 2 is 1.44 bits per heavy atom. The van der Waals surface area contributed by atoms with Crippen LogP contribution >= 0.6 is 0 Å². The average Bonchev–Trinajstić information content (AvgIpc) is 2.74. The third-order valence-electron chi connectivity index (χ3n) is 5.54. The lowest BCUT2D eigenvalue weighted by atomic mass is 9.86. The van der Waals surface area contributed by atoms with E-state index in [1.165, 1.54) is 12.1 Å². The predicted octanol–water partition coefficient (Wildman–Crippen LogP) is 5.46. The van der Waals surface area contributed by atoms with Crippen LogP contribution in [0.1, 0.15) is 68.1 Å². The zero-order valence-electron chi connectivity index (χ0n) is 19.1. The monoisotopic (exact) mass is 448 g/mol. The zero-order valence-corrected chi connectivity index (χ0v) is 19.1. The van der Waals surface area contributed by atoms with Crippen molar-refractivity contribution in [3.63, 3.8) is 0 Å². The van der Waals surface area contributed by atoms with E-state index in [0.29, 0.717) is 17.5 Å². The van der Waals surface area contributed by atoms with Gasteiger partial charge in [-0.15, -0.1) is 0 Å². The van der Waals surface area contributed by atoms with Crippen molar-refractivity contribution < 1.29 is 22.8 Å². The van der Waals surface area contributed by atoms with Crippen LogP contribution in [0.4, 0.5) is 13.2 Å². The predicted molar refractivity (Wildman–Crippen MR) is 119 cm³/mol. The fraction of sp³-hybridized carbons (Fsp3) is 0.440. The summed E-state index contributed by atoms with van der Waals surface area (Å²) in [4.78, 5) is 25.5. The summed E-state index contributed by atoms with van der Waals surface area (Å²) in [7, 11) is 0. The first-order valence-corrected chi connectivity index (χ1v) is 10.7. The van der Waals surface area contributed by atoms with Gasteiger partial charge in [0.25, 0.3) is 5.91 Å². The molecule has 0 aromatic heterocycles. The highest BCUT2D eigenvalue weighted by Gasteiger charge is 2.30. The van der Waals surface area contributed by atoms with Crippen LogP contribution in [0.15, 0.2) is 48.5 Å². The maximum absolute atomic E-state index is 12.8. The molecule has 0 aliphatic rings. The number of nitrogens with one attached hydrogen (secondary N) is 2. The van der Waals surface area contributed by atoms with Gasteiger partial charge in [-0.3, -0.25) is 9.59 Å². The average molecular weight is 449 g/mol. The van der Waals surface area contributed by atoms with E-state index in [1.807, 2.05) is 26.0 Å². The zero-order chi connectivity index (χ0) is 24.1. The van der Waals surface area contributed by atoms with Gasteiger partial charge in [-0.1, -0.05) is 65.3 Å². The molecule has 0 spiro atoms. The van der Waals surface area contributed by atoms with E-state index in [0.717, 1.165) is 17.7 Å². The number of carbonyl (C=O) groups is 2. The Bertz CT molecular complexity index is 914. The molecular formula is C25H31F3N2O2. The van der Waals surface area contributed by atoms with Gasteiger partial charge in [0.2, 0.25) is 5.91 Å². The lowest BCUT2D eigenvalue weighted by molar-refractivity contribution is -0.137. The van der Waals surface area contributed by atoms with Gasteiger partial charge in [-0.2, -0.15) is 13.2 Å². The molecule has 2 atom stereocenters. The number of alkyl halides is 3. The second-order valence-corrected chi connectivity index (χ2v) is 9.08. The molecule has 32 heavy (non-hydrogen) atoms. The molecule has 0 bridgehead atoms. The fourth-order valence-electron chi connectivity index (χ4n) is 3.16. The Labute approximate surface area is 187 Å². The molecule has 2 aromatic rings. The third kappa shape index (κ3) is 6.84. The maximum atomic E-state index is 12.8. The lowest BCUT2D eigenvalue weighted by Gasteiger charge is -2.24. The van der Waals surface area contributed by atoms with Gasteiger partial charge >= 0.3 is 6.18 Å². The molecule has 4 nitrogen and oxygen atoms in total. The number of benzene rings is 2. The summed E-state index contributed by atoms with van der Waals surface area (Å²) in [6.45, 7) is 10.1. The highest BCUT2D eigenvalue weighted by molar-refractivity contribution is 5.97. The number of carbonyl (C=O) groups excluding carboxylic acids is 2. The van der Waals surface area contributed by atoms with Gasteiger partial charge in [0.15, 0.2) is 0 Å². The van der Waals surface area contributed by atoms with Crippen LogP contribution in [-0.4, -0.2) is 17.9 Å². The highest BCUT2D eigenvalue weighted by Crippen LogP contribution is 2.29. The first-order valence-electron chi connectivity index (χ1n) is 10.7. The van der Waals surface area contributed by atoms with E-state index in [-0.39, 0.29) is 29.7 Å². The molecule has 0 radical (unpaired) electrons. The lowest BCUT2D eigenvalue weighted by Crippen LogP contribution is -2.50. The van der Waals surface area contributed by atoms with Crippen LogP contribution in [-0.2, 0) is 22.9 Å². The Kier molecular flexibility index (Phi) is 8.10. The van der Waals surface area contributed by atoms with E-state index >= 15 is 0 Å². The molecule has 174 valence electrons. The summed E-state index contributed by atoms with van der Waals surface area (Å²) in [5.41, 5.74) is 1.32. The van der Waals surface area contributed by atoms with Crippen molar-refractivity contribution in [1.82, 2.24) is 10.6 Å². The van der Waals surface area contributed by atoms with E-state index in [9.17, 15) is 22.8 Å². The molecule has 2 amide bonds. The first-order chi connectivity index (χ1) is 14.8. The van der Waals surface area contributed by atoms with Crippen LogP contribution in [0.5, 0.6) is 0 Å². The Morgan fingerprint density at radius 3 is 1.91 bits per heavy atom. The van der Waals surface area contributed by atoms with Gasteiger partial charge in [0.1, 0.15) is 6.04 Å². The second-order valence-electron chi connectivity index (χ2n) is 9.08. The van der Waals surface area contributed by atoms with Crippen molar-refractivity contribution in [2.24, 2.45) is 5.92 Å². The quantitative estimate of drug-likeness (QED) is 0.591. The summed E-state index contributed by atoms with van der Waals surface area (Å²) in [6.07, 6.45) is -3.74. The summed E-state index contributed by atoms with van der Waals surface area (Å²) < 4.78 is 38.1. The van der Waals surface area contributed by atoms with E-state index < -0.39 is 17.8 Å². The normalized spacial score (nSPS) is 13.9. The van der Waals surface area contributed by atoms with E-state index in [1.54, 1.807) is 12.1 Å². The number of halogens is 3. The van der Waals surface area contributed by atoms with Crippen molar-refractivity contribution in [1.29, 1.82) is 0 Å². The van der Waals surface area contributed by atoms with Gasteiger partial charge in [-0.25, -0.2) is 0 Å². The molecule has 0 fully saturated rings.